The maximum atomic E-state index is 13.9. The average molecular weight is 263 g/mol. The number of hydrogen-bond donors (Lipinski definition) is 0. The summed E-state index contributed by atoms with van der Waals surface area (Å²) < 4.78 is 13.9. The molecule has 0 saturated carbocycles. The van der Waals surface area contributed by atoms with Gasteiger partial charge in [0.1, 0.15) is 11.6 Å². The molecule has 1 saturated heterocycles. The van der Waals surface area contributed by atoms with Crippen LogP contribution >= 0.6 is 0 Å². The first kappa shape index (κ1) is 13.7. The summed E-state index contributed by atoms with van der Waals surface area (Å²) in [7, 11) is 0. The van der Waals surface area contributed by atoms with Gasteiger partial charge in [-0.15, -0.1) is 0 Å². The van der Waals surface area contributed by atoms with E-state index in [9.17, 15) is 14.0 Å². The average Bonchev–Trinajstić information content (AvgIpc) is 2.39. The molecule has 0 aromatic heterocycles. The molecule has 0 bridgehead atoms. The van der Waals surface area contributed by atoms with E-state index in [4.69, 9.17) is 0 Å². The van der Waals surface area contributed by atoms with Crippen LogP contribution in [0.5, 0.6) is 0 Å². The van der Waals surface area contributed by atoms with Crippen LogP contribution in [0.4, 0.5) is 10.1 Å². The maximum absolute atomic E-state index is 13.9. The first-order chi connectivity index (χ1) is 9.06. The number of Topliss-reactive ketones (excluding diaryl/α,β-unsaturated/α-hetero) is 1. The summed E-state index contributed by atoms with van der Waals surface area (Å²) >= 11 is 0. The van der Waals surface area contributed by atoms with E-state index in [1.165, 1.54) is 11.0 Å². The second-order valence-electron chi connectivity index (χ2n) is 4.91. The topological polar surface area (TPSA) is 37.4 Å². The van der Waals surface area contributed by atoms with Crippen molar-refractivity contribution >= 4 is 17.4 Å². The second-order valence-corrected chi connectivity index (χ2v) is 4.91. The number of benzene rings is 1. The summed E-state index contributed by atoms with van der Waals surface area (Å²) in [4.78, 5) is 25.6. The van der Waals surface area contributed by atoms with Crippen molar-refractivity contribution in [2.45, 2.75) is 33.1 Å². The van der Waals surface area contributed by atoms with Crippen molar-refractivity contribution in [2.75, 3.05) is 11.4 Å². The van der Waals surface area contributed by atoms with Gasteiger partial charge in [0.2, 0.25) is 5.91 Å². The summed E-state index contributed by atoms with van der Waals surface area (Å²) in [5, 5.41) is 0. The number of aryl methyl sites for hydroxylation is 1. The Hall–Kier alpha value is -1.71. The van der Waals surface area contributed by atoms with E-state index in [2.05, 4.69) is 0 Å². The zero-order valence-electron chi connectivity index (χ0n) is 11.3. The van der Waals surface area contributed by atoms with Gasteiger partial charge in [0, 0.05) is 13.0 Å². The third kappa shape index (κ3) is 2.53. The predicted molar refractivity (Wildman–Crippen MR) is 71.5 cm³/mol. The third-order valence-corrected chi connectivity index (χ3v) is 3.63. The molecule has 0 radical (unpaired) electrons. The van der Waals surface area contributed by atoms with E-state index in [0.29, 0.717) is 25.1 Å². The van der Waals surface area contributed by atoms with Crippen molar-refractivity contribution in [2.24, 2.45) is 5.92 Å². The Morgan fingerprint density at radius 2 is 2.21 bits per heavy atom. The van der Waals surface area contributed by atoms with E-state index < -0.39 is 11.7 Å². The number of carbonyl (C=O) groups excluding carboxylic acids is 2. The fourth-order valence-electron chi connectivity index (χ4n) is 2.61. The molecule has 1 aromatic carbocycles. The number of piperidine rings is 1. The summed E-state index contributed by atoms with van der Waals surface area (Å²) in [6, 6.07) is 4.75. The molecule has 102 valence electrons. The molecule has 1 amide bonds. The molecule has 1 heterocycles. The zero-order chi connectivity index (χ0) is 14.0. The fraction of sp³-hybridized carbons (Fsp3) is 0.467. The molecule has 0 spiro atoms. The monoisotopic (exact) mass is 263 g/mol. The highest BCUT2D eigenvalue weighted by molar-refractivity contribution is 6.09. The SMILES string of the molecule is CCC(=O)[C@H]1CCCN(c2c(C)cccc2F)C1=O. The van der Waals surface area contributed by atoms with Crippen LogP contribution in [0.1, 0.15) is 31.7 Å². The summed E-state index contributed by atoms with van der Waals surface area (Å²) in [5.41, 5.74) is 1.04. The Morgan fingerprint density at radius 1 is 1.47 bits per heavy atom. The van der Waals surface area contributed by atoms with Crippen LogP contribution in [0.15, 0.2) is 18.2 Å². The number of hydrogen-bond acceptors (Lipinski definition) is 2. The van der Waals surface area contributed by atoms with Crippen LogP contribution in [0, 0.1) is 18.7 Å². The fourth-order valence-corrected chi connectivity index (χ4v) is 2.61. The number of amides is 1. The molecule has 2 rings (SSSR count). The van der Waals surface area contributed by atoms with Crippen molar-refractivity contribution in [3.05, 3.63) is 29.6 Å². The van der Waals surface area contributed by atoms with Gasteiger partial charge < -0.3 is 4.90 Å². The lowest BCUT2D eigenvalue weighted by Gasteiger charge is -2.32. The van der Waals surface area contributed by atoms with Crippen LogP contribution in [-0.2, 0) is 9.59 Å². The van der Waals surface area contributed by atoms with Gasteiger partial charge in [-0.3, -0.25) is 9.59 Å². The summed E-state index contributed by atoms with van der Waals surface area (Å²) in [6.07, 6.45) is 1.66. The molecular formula is C15H18FNO2. The molecule has 1 aromatic rings. The highest BCUT2D eigenvalue weighted by Gasteiger charge is 2.35. The van der Waals surface area contributed by atoms with Gasteiger partial charge in [0.25, 0.3) is 0 Å². The minimum atomic E-state index is -0.599. The van der Waals surface area contributed by atoms with Crippen molar-refractivity contribution in [1.29, 1.82) is 0 Å². The molecule has 19 heavy (non-hydrogen) atoms. The quantitative estimate of drug-likeness (QED) is 0.786. The lowest BCUT2D eigenvalue weighted by molar-refractivity contribution is -0.133. The molecule has 0 N–H and O–H groups in total. The molecule has 1 atom stereocenters. The Labute approximate surface area is 112 Å². The van der Waals surface area contributed by atoms with Crippen LogP contribution < -0.4 is 4.90 Å². The highest BCUT2D eigenvalue weighted by atomic mass is 19.1. The van der Waals surface area contributed by atoms with Gasteiger partial charge >= 0.3 is 0 Å². The number of anilines is 1. The van der Waals surface area contributed by atoms with Gasteiger partial charge in [0.15, 0.2) is 0 Å². The minimum absolute atomic E-state index is 0.0521. The van der Waals surface area contributed by atoms with E-state index in [0.717, 1.165) is 12.0 Å². The molecule has 0 aliphatic carbocycles. The summed E-state index contributed by atoms with van der Waals surface area (Å²) in [5.74, 6) is -1.31. The molecule has 1 aliphatic heterocycles. The highest BCUT2D eigenvalue weighted by Crippen LogP contribution is 2.30. The van der Waals surface area contributed by atoms with Crippen LogP contribution in [0.2, 0.25) is 0 Å². The van der Waals surface area contributed by atoms with Crippen molar-refractivity contribution < 1.29 is 14.0 Å². The predicted octanol–water partition coefficient (Wildman–Crippen LogP) is 2.86. The van der Waals surface area contributed by atoms with Gasteiger partial charge in [0.05, 0.1) is 11.6 Å². The Morgan fingerprint density at radius 3 is 2.84 bits per heavy atom. The van der Waals surface area contributed by atoms with E-state index in [1.54, 1.807) is 26.0 Å². The van der Waals surface area contributed by atoms with Crippen LogP contribution in [0.3, 0.4) is 0 Å². The van der Waals surface area contributed by atoms with E-state index in [1.807, 2.05) is 0 Å². The van der Waals surface area contributed by atoms with E-state index in [-0.39, 0.29) is 11.7 Å². The molecule has 3 nitrogen and oxygen atoms in total. The normalized spacial score (nSPS) is 19.6. The van der Waals surface area contributed by atoms with Gasteiger partial charge in [-0.25, -0.2) is 4.39 Å². The van der Waals surface area contributed by atoms with Crippen LogP contribution in [-0.4, -0.2) is 18.2 Å². The molecule has 4 heteroatoms. The first-order valence-corrected chi connectivity index (χ1v) is 6.65. The Kier molecular flexibility index (Phi) is 3.98. The standard InChI is InChI=1S/C15H18FNO2/c1-3-13(18)11-7-5-9-17(15(11)19)14-10(2)6-4-8-12(14)16/h4,6,8,11H,3,5,7,9H2,1-2H3/t11-/m1/s1. The zero-order valence-corrected chi connectivity index (χ0v) is 11.3. The number of ketones is 1. The molecule has 0 unspecified atom stereocenters. The smallest absolute Gasteiger partial charge is 0.237 e. The van der Waals surface area contributed by atoms with Gasteiger partial charge in [-0.1, -0.05) is 19.1 Å². The number of halogens is 1. The number of para-hydroxylation sites is 1. The van der Waals surface area contributed by atoms with Crippen LogP contribution in [0.25, 0.3) is 0 Å². The minimum Gasteiger partial charge on any atom is -0.309 e. The van der Waals surface area contributed by atoms with Crippen molar-refractivity contribution in [1.82, 2.24) is 0 Å². The first-order valence-electron chi connectivity index (χ1n) is 6.65. The van der Waals surface area contributed by atoms with Crippen molar-refractivity contribution in [3.8, 4) is 0 Å². The van der Waals surface area contributed by atoms with Gasteiger partial charge in [-0.2, -0.15) is 0 Å². The van der Waals surface area contributed by atoms with Gasteiger partial charge in [-0.05, 0) is 31.4 Å². The lowest BCUT2D eigenvalue weighted by Crippen LogP contribution is -2.44. The number of nitrogens with zero attached hydrogens (tertiary/aromatic N) is 1. The maximum Gasteiger partial charge on any atom is 0.237 e. The van der Waals surface area contributed by atoms with Crippen molar-refractivity contribution in [3.63, 3.8) is 0 Å². The molecular weight excluding hydrogens is 245 g/mol. The molecule has 1 aliphatic rings. The lowest BCUT2D eigenvalue weighted by atomic mass is 9.91. The number of rotatable bonds is 3. The third-order valence-electron chi connectivity index (χ3n) is 3.63. The van der Waals surface area contributed by atoms with E-state index >= 15 is 0 Å². The Balaban J connectivity index is 2.35. The largest absolute Gasteiger partial charge is 0.309 e. The molecule has 1 fully saturated rings. The number of carbonyl (C=O) groups is 2. The summed E-state index contributed by atoms with van der Waals surface area (Å²) in [6.45, 7) is 4.01. The Bertz CT molecular complexity index is 493. The second kappa shape index (κ2) is 5.51.